The van der Waals surface area contributed by atoms with Crippen LogP contribution in [0.4, 0.5) is 5.82 Å². The van der Waals surface area contributed by atoms with Gasteiger partial charge >= 0.3 is 0 Å². The van der Waals surface area contributed by atoms with Crippen LogP contribution >= 0.6 is 0 Å². The summed E-state index contributed by atoms with van der Waals surface area (Å²) in [6, 6.07) is 13.1. The predicted octanol–water partition coefficient (Wildman–Crippen LogP) is 3.18. The zero-order valence-corrected chi connectivity index (χ0v) is 14.3. The van der Waals surface area contributed by atoms with Crippen molar-refractivity contribution in [3.63, 3.8) is 0 Å². The first kappa shape index (κ1) is 16.3. The monoisotopic (exact) mass is 361 g/mol. The number of aromatic nitrogens is 3. The number of nitrogens with zero attached hydrogens (tertiary/aromatic N) is 3. The van der Waals surface area contributed by atoms with Crippen LogP contribution in [0.5, 0.6) is 0 Å². The van der Waals surface area contributed by atoms with Gasteiger partial charge in [-0.3, -0.25) is 14.2 Å². The molecule has 0 radical (unpaired) electrons. The van der Waals surface area contributed by atoms with Crippen molar-refractivity contribution < 1.29 is 8.76 Å². The topological polar surface area (TPSA) is 105 Å². The third-order valence-electron chi connectivity index (χ3n) is 4.13. The van der Waals surface area contributed by atoms with Gasteiger partial charge < -0.3 is 10.3 Å². The summed E-state index contributed by atoms with van der Waals surface area (Å²) in [6.07, 6.45) is 6.81. The van der Waals surface area contributed by atoms with Crippen molar-refractivity contribution >= 4 is 27.8 Å². The molecule has 1 atom stereocenters. The maximum atomic E-state index is 11.3. The molecule has 0 amide bonds. The van der Waals surface area contributed by atoms with Gasteiger partial charge in [-0.2, -0.15) is 0 Å². The highest BCUT2D eigenvalue weighted by molar-refractivity contribution is 7.79. The summed E-state index contributed by atoms with van der Waals surface area (Å²) in [4.78, 5) is 12.5. The molecule has 0 saturated carbocycles. The summed E-state index contributed by atoms with van der Waals surface area (Å²) < 4.78 is 22.6. The molecule has 0 fully saturated rings. The molecule has 4 rings (SSSR count). The fourth-order valence-corrected chi connectivity index (χ4v) is 3.30. The Morgan fingerprint density at radius 3 is 2.46 bits per heavy atom. The number of rotatable bonds is 3. The molecule has 3 aromatic heterocycles. The number of hydrogen-bond acceptors (Lipinski definition) is 6. The van der Waals surface area contributed by atoms with Crippen LogP contribution in [0.2, 0.25) is 0 Å². The van der Waals surface area contributed by atoms with Crippen LogP contribution in [0.1, 0.15) is 0 Å². The zero-order valence-electron chi connectivity index (χ0n) is 13.5. The first-order valence-corrected chi connectivity index (χ1v) is 8.85. The van der Waals surface area contributed by atoms with E-state index in [0.717, 1.165) is 27.6 Å². The van der Waals surface area contributed by atoms with E-state index in [0.29, 0.717) is 5.56 Å². The van der Waals surface area contributed by atoms with Gasteiger partial charge in [-0.05, 0) is 64.2 Å². The largest absolute Gasteiger partial charge is 0.768 e. The molecule has 6 nitrogen and oxygen atoms in total. The van der Waals surface area contributed by atoms with Crippen molar-refractivity contribution in [3.8, 4) is 22.3 Å². The average Bonchev–Trinajstić information content (AvgIpc) is 2.68. The van der Waals surface area contributed by atoms with E-state index >= 15 is 0 Å². The van der Waals surface area contributed by atoms with Gasteiger partial charge in [0.2, 0.25) is 0 Å². The lowest BCUT2D eigenvalue weighted by atomic mass is 9.98. The van der Waals surface area contributed by atoms with Gasteiger partial charge in [-0.1, -0.05) is 6.07 Å². The van der Waals surface area contributed by atoms with E-state index in [-0.39, 0.29) is 10.7 Å². The molecule has 0 aliphatic carbocycles. The summed E-state index contributed by atoms with van der Waals surface area (Å²) in [5.41, 5.74) is 10.0. The number of benzene rings is 1. The molecule has 1 aromatic carbocycles. The number of fused-ring (bicyclic) bond motifs is 1. The summed E-state index contributed by atoms with van der Waals surface area (Å²) in [5, 5.41) is 0.956. The van der Waals surface area contributed by atoms with Crippen LogP contribution in [-0.4, -0.2) is 23.7 Å². The van der Waals surface area contributed by atoms with Gasteiger partial charge in [0, 0.05) is 35.7 Å². The second kappa shape index (κ2) is 6.62. The molecule has 0 aliphatic heterocycles. The molecule has 0 saturated heterocycles. The zero-order chi connectivity index (χ0) is 18.1. The summed E-state index contributed by atoms with van der Waals surface area (Å²) in [7, 11) is 0. The lowest BCUT2D eigenvalue weighted by Gasteiger charge is -2.11. The molecule has 7 heteroatoms. The normalized spacial score (nSPS) is 12.2. The second-order valence-corrected chi connectivity index (χ2v) is 6.58. The van der Waals surface area contributed by atoms with E-state index in [1.165, 1.54) is 6.07 Å². The predicted molar refractivity (Wildman–Crippen MR) is 99.8 cm³/mol. The Morgan fingerprint density at radius 1 is 0.885 bits per heavy atom. The van der Waals surface area contributed by atoms with Gasteiger partial charge in [-0.25, -0.2) is 4.98 Å². The van der Waals surface area contributed by atoms with E-state index in [1.54, 1.807) is 24.8 Å². The Balaban J connectivity index is 1.91. The minimum absolute atomic E-state index is 0.0110. The fourth-order valence-electron chi connectivity index (χ4n) is 2.86. The van der Waals surface area contributed by atoms with Crippen molar-refractivity contribution in [2.75, 3.05) is 5.73 Å². The number of pyridine rings is 3. The highest BCUT2D eigenvalue weighted by Crippen LogP contribution is 2.31. The first-order chi connectivity index (χ1) is 12.6. The smallest absolute Gasteiger partial charge is 0.138 e. The van der Waals surface area contributed by atoms with Crippen LogP contribution < -0.4 is 5.73 Å². The minimum atomic E-state index is -2.44. The van der Waals surface area contributed by atoms with E-state index in [1.807, 2.05) is 36.4 Å². The lowest BCUT2D eigenvalue weighted by Crippen LogP contribution is -2.00. The van der Waals surface area contributed by atoms with Gasteiger partial charge in [0.15, 0.2) is 0 Å². The number of nitrogens with two attached hydrogens (primary N) is 1. The van der Waals surface area contributed by atoms with Gasteiger partial charge in [0.05, 0.1) is 10.4 Å². The minimum Gasteiger partial charge on any atom is -0.768 e. The highest BCUT2D eigenvalue weighted by Gasteiger charge is 2.09. The standard InChI is InChI=1S/C19H14N4O2S/c20-19-18(26(24)25)10-14(11-23-19)13-1-2-17-16(9-13)15(5-8-22-17)12-3-6-21-7-4-12/h1-11H,(H2,20,23)(H,24,25)/p-1. The molecule has 0 aliphatic rings. The van der Waals surface area contributed by atoms with Crippen LogP contribution in [0, 0.1) is 0 Å². The Kier molecular flexibility index (Phi) is 4.16. The van der Waals surface area contributed by atoms with Crippen LogP contribution in [0.3, 0.4) is 0 Å². The molecule has 2 N–H and O–H groups in total. The molecule has 0 bridgehead atoms. The summed E-state index contributed by atoms with van der Waals surface area (Å²) >= 11 is -2.44. The molecular weight excluding hydrogens is 348 g/mol. The van der Waals surface area contributed by atoms with Gasteiger partial charge in [0.25, 0.3) is 0 Å². The van der Waals surface area contributed by atoms with Crippen LogP contribution in [0.15, 0.2) is 72.1 Å². The van der Waals surface area contributed by atoms with Crippen LogP contribution in [0.25, 0.3) is 33.2 Å². The Bertz CT molecular complexity index is 1130. The fraction of sp³-hybridized carbons (Fsp3) is 0. The van der Waals surface area contributed by atoms with Crippen molar-refractivity contribution in [3.05, 3.63) is 67.3 Å². The maximum absolute atomic E-state index is 11.3. The maximum Gasteiger partial charge on any atom is 0.138 e. The lowest BCUT2D eigenvalue weighted by molar-refractivity contribution is 0.537. The summed E-state index contributed by atoms with van der Waals surface area (Å²) in [5.74, 6) is -0.0120. The molecular formula is C19H13N4O2S-. The Morgan fingerprint density at radius 2 is 1.69 bits per heavy atom. The molecule has 4 aromatic rings. The van der Waals surface area contributed by atoms with E-state index in [9.17, 15) is 8.76 Å². The first-order valence-electron chi connectivity index (χ1n) is 7.78. The van der Waals surface area contributed by atoms with E-state index < -0.39 is 11.1 Å². The van der Waals surface area contributed by atoms with Crippen molar-refractivity contribution in [1.29, 1.82) is 0 Å². The number of hydrogen-bond donors (Lipinski definition) is 1. The highest BCUT2D eigenvalue weighted by atomic mass is 32.2. The van der Waals surface area contributed by atoms with E-state index in [4.69, 9.17) is 5.73 Å². The Hall–Kier alpha value is -3.16. The van der Waals surface area contributed by atoms with E-state index in [2.05, 4.69) is 15.0 Å². The Labute approximate surface area is 152 Å². The van der Waals surface area contributed by atoms with Crippen molar-refractivity contribution in [2.45, 2.75) is 4.90 Å². The SMILES string of the molecule is Nc1ncc(-c2ccc3nccc(-c4ccncc4)c3c2)cc1S(=O)[O-]. The van der Waals surface area contributed by atoms with Crippen molar-refractivity contribution in [1.82, 2.24) is 15.0 Å². The third kappa shape index (κ3) is 2.94. The molecule has 0 spiro atoms. The quantitative estimate of drug-likeness (QED) is 0.562. The third-order valence-corrected chi connectivity index (χ3v) is 4.81. The molecule has 128 valence electrons. The van der Waals surface area contributed by atoms with Gasteiger partial charge in [0.1, 0.15) is 5.82 Å². The van der Waals surface area contributed by atoms with Gasteiger partial charge in [-0.15, -0.1) is 0 Å². The summed E-state index contributed by atoms with van der Waals surface area (Å²) in [6.45, 7) is 0. The molecule has 3 heterocycles. The molecule has 26 heavy (non-hydrogen) atoms. The van der Waals surface area contributed by atoms with Crippen LogP contribution in [-0.2, 0) is 11.1 Å². The average molecular weight is 361 g/mol. The number of nitrogen functional groups attached to an aromatic ring is 1. The van der Waals surface area contributed by atoms with Crippen molar-refractivity contribution in [2.24, 2.45) is 0 Å². The molecule has 1 unspecified atom stereocenters. The number of anilines is 1. The second-order valence-electron chi connectivity index (χ2n) is 5.67.